The third kappa shape index (κ3) is 4.60. The Morgan fingerprint density at radius 2 is 2.12 bits per heavy atom. The zero-order chi connectivity index (χ0) is 17.8. The minimum Gasteiger partial charge on any atom is -0.491 e. The summed E-state index contributed by atoms with van der Waals surface area (Å²) in [6.45, 7) is 4.79. The van der Waals surface area contributed by atoms with E-state index in [0.717, 1.165) is 24.3 Å². The lowest BCUT2D eigenvalue weighted by molar-refractivity contribution is -0.123. The largest absolute Gasteiger partial charge is 0.491 e. The summed E-state index contributed by atoms with van der Waals surface area (Å²) in [7, 11) is 1.89. The van der Waals surface area contributed by atoms with Crippen molar-refractivity contribution in [3.05, 3.63) is 47.8 Å². The molecule has 2 N–H and O–H groups in total. The van der Waals surface area contributed by atoms with Crippen molar-refractivity contribution in [3.63, 3.8) is 0 Å². The van der Waals surface area contributed by atoms with Gasteiger partial charge in [-0.2, -0.15) is 5.10 Å². The highest BCUT2D eigenvalue weighted by Gasteiger charge is 2.30. The number of piperidine rings is 1. The van der Waals surface area contributed by atoms with Gasteiger partial charge in [-0.05, 0) is 38.0 Å². The smallest absolute Gasteiger partial charge is 0.220 e. The number of hydrogen-bond acceptors (Lipinski definition) is 4. The Kier molecular flexibility index (Phi) is 5.38. The van der Waals surface area contributed by atoms with Gasteiger partial charge in [0, 0.05) is 37.8 Å². The number of hydrogen-bond donors (Lipinski definition) is 2. The minimum atomic E-state index is -0.0431. The van der Waals surface area contributed by atoms with E-state index in [0.29, 0.717) is 6.42 Å². The van der Waals surface area contributed by atoms with Gasteiger partial charge < -0.3 is 15.4 Å². The van der Waals surface area contributed by atoms with Gasteiger partial charge in [0.1, 0.15) is 5.75 Å². The molecule has 2 aromatic rings. The third-order valence-electron chi connectivity index (χ3n) is 4.35. The molecule has 2 atom stereocenters. The van der Waals surface area contributed by atoms with Crippen LogP contribution in [0.15, 0.2) is 36.7 Å². The van der Waals surface area contributed by atoms with Crippen molar-refractivity contribution in [3.8, 4) is 5.75 Å². The summed E-state index contributed by atoms with van der Waals surface area (Å²) >= 11 is 0. The predicted octanol–water partition coefficient (Wildman–Crippen LogP) is 2.32. The number of carbonyl (C=O) groups is 1. The van der Waals surface area contributed by atoms with E-state index < -0.39 is 0 Å². The SMILES string of the molecule is CC(C)Oc1ccc(CN[C@@H]2CCC(=O)N[C@H]2c2cnn(C)c2)cc1. The number of benzene rings is 1. The van der Waals surface area contributed by atoms with Crippen LogP contribution < -0.4 is 15.4 Å². The molecule has 0 bridgehead atoms. The fourth-order valence-corrected chi connectivity index (χ4v) is 3.14. The second-order valence-electron chi connectivity index (χ2n) is 6.83. The summed E-state index contributed by atoms with van der Waals surface area (Å²) in [6.07, 6.45) is 5.33. The second kappa shape index (κ2) is 7.70. The van der Waals surface area contributed by atoms with Crippen LogP contribution in [0, 0.1) is 0 Å². The summed E-state index contributed by atoms with van der Waals surface area (Å²) in [6, 6.07) is 8.29. The summed E-state index contributed by atoms with van der Waals surface area (Å²) in [5, 5.41) is 10.9. The summed E-state index contributed by atoms with van der Waals surface area (Å²) in [4.78, 5) is 11.8. The monoisotopic (exact) mass is 342 g/mol. The summed E-state index contributed by atoms with van der Waals surface area (Å²) in [5.74, 6) is 0.985. The topological polar surface area (TPSA) is 68.2 Å². The first-order chi connectivity index (χ1) is 12.0. The molecule has 0 aliphatic carbocycles. The molecule has 6 nitrogen and oxygen atoms in total. The van der Waals surface area contributed by atoms with Gasteiger partial charge in [0.25, 0.3) is 0 Å². The molecule has 25 heavy (non-hydrogen) atoms. The average Bonchev–Trinajstić information content (AvgIpc) is 3.01. The van der Waals surface area contributed by atoms with Crippen LogP contribution in [0.1, 0.15) is 43.9 Å². The number of nitrogens with zero attached hydrogens (tertiary/aromatic N) is 2. The molecule has 3 rings (SSSR count). The van der Waals surface area contributed by atoms with Crippen molar-refractivity contribution in [2.75, 3.05) is 0 Å². The Bertz CT molecular complexity index is 708. The van der Waals surface area contributed by atoms with Crippen LogP contribution in [-0.4, -0.2) is 27.8 Å². The van der Waals surface area contributed by atoms with Crippen molar-refractivity contribution >= 4 is 5.91 Å². The molecule has 1 saturated heterocycles. The zero-order valence-electron chi connectivity index (χ0n) is 15.0. The number of aromatic nitrogens is 2. The molecule has 1 aromatic heterocycles. The molecular formula is C19H26N4O2. The van der Waals surface area contributed by atoms with E-state index in [9.17, 15) is 4.79 Å². The van der Waals surface area contributed by atoms with Crippen molar-refractivity contribution in [1.82, 2.24) is 20.4 Å². The third-order valence-corrected chi connectivity index (χ3v) is 4.35. The van der Waals surface area contributed by atoms with Crippen LogP contribution in [0.25, 0.3) is 0 Å². The molecule has 0 unspecified atom stereocenters. The van der Waals surface area contributed by atoms with Crippen LogP contribution in [-0.2, 0) is 18.4 Å². The second-order valence-corrected chi connectivity index (χ2v) is 6.83. The Balaban J connectivity index is 1.63. The van der Waals surface area contributed by atoms with Crippen LogP contribution in [0.5, 0.6) is 5.75 Å². The Labute approximate surface area is 148 Å². The van der Waals surface area contributed by atoms with Crippen LogP contribution >= 0.6 is 0 Å². The Morgan fingerprint density at radius 1 is 1.36 bits per heavy atom. The lowest BCUT2D eigenvalue weighted by Crippen LogP contribution is -2.48. The molecule has 1 aromatic carbocycles. The van der Waals surface area contributed by atoms with Crippen LogP contribution in [0.4, 0.5) is 0 Å². The van der Waals surface area contributed by atoms with Gasteiger partial charge in [-0.3, -0.25) is 9.48 Å². The van der Waals surface area contributed by atoms with Crippen molar-refractivity contribution in [1.29, 1.82) is 0 Å². The summed E-state index contributed by atoms with van der Waals surface area (Å²) < 4.78 is 7.44. The number of ether oxygens (including phenoxy) is 1. The molecule has 134 valence electrons. The molecule has 0 spiro atoms. The number of aryl methyl sites for hydroxylation is 1. The molecule has 0 saturated carbocycles. The normalized spacial score (nSPS) is 20.6. The Morgan fingerprint density at radius 3 is 2.76 bits per heavy atom. The maximum Gasteiger partial charge on any atom is 0.220 e. The maximum absolute atomic E-state index is 11.8. The fraction of sp³-hybridized carbons (Fsp3) is 0.474. The van der Waals surface area contributed by atoms with Gasteiger partial charge in [0.15, 0.2) is 0 Å². The molecule has 1 aliphatic rings. The average molecular weight is 342 g/mol. The van der Waals surface area contributed by atoms with Gasteiger partial charge >= 0.3 is 0 Å². The van der Waals surface area contributed by atoms with E-state index >= 15 is 0 Å². The van der Waals surface area contributed by atoms with Gasteiger partial charge in [0.2, 0.25) is 5.91 Å². The first-order valence-electron chi connectivity index (χ1n) is 8.78. The molecular weight excluding hydrogens is 316 g/mol. The minimum absolute atomic E-state index is 0.0431. The number of carbonyl (C=O) groups excluding carboxylic acids is 1. The van der Waals surface area contributed by atoms with Crippen LogP contribution in [0.2, 0.25) is 0 Å². The van der Waals surface area contributed by atoms with E-state index in [2.05, 4.69) is 27.9 Å². The highest BCUT2D eigenvalue weighted by Crippen LogP contribution is 2.24. The van der Waals surface area contributed by atoms with Gasteiger partial charge in [-0.25, -0.2) is 0 Å². The molecule has 2 heterocycles. The fourth-order valence-electron chi connectivity index (χ4n) is 3.14. The van der Waals surface area contributed by atoms with Gasteiger partial charge in [-0.1, -0.05) is 12.1 Å². The highest BCUT2D eigenvalue weighted by molar-refractivity contribution is 5.77. The molecule has 6 heteroatoms. The van der Waals surface area contributed by atoms with Crippen LogP contribution in [0.3, 0.4) is 0 Å². The number of rotatable bonds is 6. The molecule has 1 fully saturated rings. The molecule has 0 radical (unpaired) electrons. The first-order valence-corrected chi connectivity index (χ1v) is 8.78. The van der Waals surface area contributed by atoms with E-state index in [1.165, 1.54) is 5.56 Å². The van der Waals surface area contributed by atoms with E-state index in [1.54, 1.807) is 4.68 Å². The first kappa shape index (κ1) is 17.5. The maximum atomic E-state index is 11.8. The molecule has 1 aliphatic heterocycles. The van der Waals surface area contributed by atoms with Gasteiger partial charge in [-0.15, -0.1) is 0 Å². The number of nitrogens with one attached hydrogen (secondary N) is 2. The quantitative estimate of drug-likeness (QED) is 0.845. The molecule has 1 amide bonds. The summed E-state index contributed by atoms with van der Waals surface area (Å²) in [5.41, 5.74) is 2.23. The zero-order valence-corrected chi connectivity index (χ0v) is 15.0. The van der Waals surface area contributed by atoms with Crippen molar-refractivity contribution in [2.24, 2.45) is 7.05 Å². The Hall–Kier alpha value is -2.34. The number of amides is 1. The van der Waals surface area contributed by atoms with Crippen molar-refractivity contribution in [2.45, 2.75) is 51.4 Å². The van der Waals surface area contributed by atoms with E-state index in [-0.39, 0.29) is 24.1 Å². The lowest BCUT2D eigenvalue weighted by Gasteiger charge is -2.32. The van der Waals surface area contributed by atoms with E-state index in [1.807, 2.05) is 45.4 Å². The van der Waals surface area contributed by atoms with Crippen molar-refractivity contribution < 1.29 is 9.53 Å². The van der Waals surface area contributed by atoms with E-state index in [4.69, 9.17) is 4.74 Å². The standard InChI is InChI=1S/C19H26N4O2/c1-13(2)25-16-6-4-14(5-7-16)10-20-17-8-9-18(24)22-19(17)15-11-21-23(3)12-15/h4-7,11-13,17,19-20H,8-10H2,1-3H3,(H,22,24)/t17-,19+/m1/s1. The van der Waals surface area contributed by atoms with Gasteiger partial charge in [0.05, 0.1) is 18.3 Å². The predicted molar refractivity (Wildman–Crippen MR) is 96.2 cm³/mol. The highest BCUT2D eigenvalue weighted by atomic mass is 16.5. The lowest BCUT2D eigenvalue weighted by atomic mass is 9.93.